The van der Waals surface area contributed by atoms with Crippen LogP contribution in [-0.4, -0.2) is 20.8 Å². The molecule has 2 N–H and O–H groups in total. The molecule has 1 aromatic carbocycles. The molecule has 0 aliphatic rings. The summed E-state index contributed by atoms with van der Waals surface area (Å²) in [6, 6.07) is 5.95. The van der Waals surface area contributed by atoms with Crippen molar-refractivity contribution in [2.75, 3.05) is 0 Å². The van der Waals surface area contributed by atoms with E-state index in [1.807, 2.05) is 43.7 Å². The van der Waals surface area contributed by atoms with Gasteiger partial charge in [-0.1, -0.05) is 17.7 Å². The van der Waals surface area contributed by atoms with Crippen LogP contribution in [0.2, 0.25) is 5.02 Å². The highest BCUT2D eigenvalue weighted by Crippen LogP contribution is 2.33. The van der Waals surface area contributed by atoms with Crippen molar-refractivity contribution in [2.45, 2.75) is 36.4 Å². The molecule has 0 saturated carbocycles. The zero-order chi connectivity index (χ0) is 14.0. The van der Waals surface area contributed by atoms with E-state index in [0.717, 1.165) is 32.9 Å². The molecular formula is C13H17ClN4S. The molecule has 6 heteroatoms. The molecule has 0 saturated heterocycles. The Morgan fingerprint density at radius 3 is 2.74 bits per heavy atom. The molecular weight excluding hydrogens is 280 g/mol. The lowest BCUT2D eigenvalue weighted by atomic mass is 10.1. The molecule has 102 valence electrons. The Morgan fingerprint density at radius 2 is 2.16 bits per heavy atom. The zero-order valence-electron chi connectivity index (χ0n) is 11.2. The molecule has 0 spiro atoms. The largest absolute Gasteiger partial charge is 0.328 e. The first kappa shape index (κ1) is 14.4. The highest BCUT2D eigenvalue weighted by Gasteiger charge is 2.13. The molecule has 1 atom stereocenters. The Labute approximate surface area is 122 Å². The van der Waals surface area contributed by atoms with Gasteiger partial charge in [-0.3, -0.25) is 0 Å². The van der Waals surface area contributed by atoms with Crippen LogP contribution in [-0.2, 0) is 13.5 Å². The van der Waals surface area contributed by atoms with Crippen molar-refractivity contribution in [3.63, 3.8) is 0 Å². The van der Waals surface area contributed by atoms with Crippen LogP contribution in [0.3, 0.4) is 0 Å². The first-order valence-electron chi connectivity index (χ1n) is 6.06. The fraction of sp³-hybridized carbons (Fsp3) is 0.385. The molecule has 0 aliphatic carbocycles. The summed E-state index contributed by atoms with van der Waals surface area (Å²) >= 11 is 7.84. The molecule has 1 heterocycles. The summed E-state index contributed by atoms with van der Waals surface area (Å²) in [5.41, 5.74) is 6.96. The van der Waals surface area contributed by atoms with Gasteiger partial charge in [0.25, 0.3) is 0 Å². The Hall–Kier alpha value is -1.04. The van der Waals surface area contributed by atoms with Gasteiger partial charge in [-0.05, 0) is 49.7 Å². The van der Waals surface area contributed by atoms with Crippen molar-refractivity contribution in [3.8, 4) is 0 Å². The maximum absolute atomic E-state index is 6.27. The molecule has 0 aliphatic heterocycles. The lowest BCUT2D eigenvalue weighted by Crippen LogP contribution is -2.18. The van der Waals surface area contributed by atoms with E-state index in [2.05, 4.69) is 10.2 Å². The fourth-order valence-corrected chi connectivity index (χ4v) is 3.05. The molecule has 2 aromatic rings. The molecule has 2 rings (SSSR count). The summed E-state index contributed by atoms with van der Waals surface area (Å²) in [5.74, 6) is 0.887. The topological polar surface area (TPSA) is 56.7 Å². The van der Waals surface area contributed by atoms with E-state index in [9.17, 15) is 0 Å². The lowest BCUT2D eigenvalue weighted by Gasteiger charge is -2.12. The van der Waals surface area contributed by atoms with Crippen molar-refractivity contribution in [1.29, 1.82) is 0 Å². The first-order valence-corrected chi connectivity index (χ1v) is 7.25. The molecule has 1 aromatic heterocycles. The first-order chi connectivity index (χ1) is 8.99. The van der Waals surface area contributed by atoms with E-state index in [-0.39, 0.29) is 6.04 Å². The maximum atomic E-state index is 6.27. The zero-order valence-corrected chi connectivity index (χ0v) is 12.8. The number of halogens is 1. The van der Waals surface area contributed by atoms with Gasteiger partial charge in [0.1, 0.15) is 5.82 Å². The average Bonchev–Trinajstić information content (AvgIpc) is 2.65. The summed E-state index contributed by atoms with van der Waals surface area (Å²) in [4.78, 5) is 1.08. The Balaban J connectivity index is 2.34. The minimum Gasteiger partial charge on any atom is -0.328 e. The van der Waals surface area contributed by atoms with E-state index >= 15 is 0 Å². The monoisotopic (exact) mass is 296 g/mol. The number of nitrogens with two attached hydrogens (primary N) is 1. The minimum atomic E-state index is 0.0699. The Bertz CT molecular complexity index is 580. The van der Waals surface area contributed by atoms with Crippen molar-refractivity contribution >= 4 is 23.4 Å². The average molecular weight is 297 g/mol. The SMILES string of the molecule is Cc1nnc(Sc2cccc(Cl)c2CC(C)N)n1C. The second-order valence-corrected chi connectivity index (χ2v) is 6.01. The van der Waals surface area contributed by atoms with Crippen LogP contribution in [0.25, 0.3) is 0 Å². The van der Waals surface area contributed by atoms with E-state index in [4.69, 9.17) is 17.3 Å². The number of hydrogen-bond acceptors (Lipinski definition) is 4. The number of benzene rings is 1. The normalized spacial score (nSPS) is 12.7. The second-order valence-electron chi connectivity index (χ2n) is 4.59. The minimum absolute atomic E-state index is 0.0699. The van der Waals surface area contributed by atoms with Crippen LogP contribution in [0.4, 0.5) is 0 Å². The number of nitrogens with zero attached hydrogens (tertiary/aromatic N) is 3. The summed E-state index contributed by atoms with van der Waals surface area (Å²) in [6.07, 6.45) is 0.749. The third kappa shape index (κ3) is 3.29. The van der Waals surface area contributed by atoms with E-state index in [1.165, 1.54) is 0 Å². The smallest absolute Gasteiger partial charge is 0.195 e. The maximum Gasteiger partial charge on any atom is 0.195 e. The van der Waals surface area contributed by atoms with E-state index in [0.29, 0.717) is 0 Å². The predicted molar refractivity (Wildman–Crippen MR) is 78.7 cm³/mol. The predicted octanol–water partition coefficient (Wildman–Crippen LogP) is 2.82. The standard InChI is InChI=1S/C13H17ClN4S/c1-8(15)7-10-11(14)5-4-6-12(10)19-13-17-16-9(2)18(13)3/h4-6,8H,7,15H2,1-3H3. The van der Waals surface area contributed by atoms with Gasteiger partial charge in [0.05, 0.1) is 0 Å². The van der Waals surface area contributed by atoms with Crippen LogP contribution in [0, 0.1) is 6.92 Å². The third-order valence-corrected chi connectivity index (χ3v) is 4.35. The Kier molecular flexibility index (Phi) is 4.50. The molecule has 4 nitrogen and oxygen atoms in total. The van der Waals surface area contributed by atoms with Crippen molar-refractivity contribution in [1.82, 2.24) is 14.8 Å². The van der Waals surface area contributed by atoms with E-state index in [1.54, 1.807) is 11.8 Å². The molecule has 1 unspecified atom stereocenters. The number of hydrogen-bond donors (Lipinski definition) is 1. The van der Waals surface area contributed by atoms with Gasteiger partial charge in [0.2, 0.25) is 0 Å². The summed E-state index contributed by atoms with van der Waals surface area (Å²) in [5, 5.41) is 9.83. The molecule has 0 amide bonds. The van der Waals surface area contributed by atoms with Crippen LogP contribution in [0.1, 0.15) is 18.3 Å². The van der Waals surface area contributed by atoms with Gasteiger partial charge in [-0.2, -0.15) is 0 Å². The van der Waals surface area contributed by atoms with Gasteiger partial charge in [0, 0.05) is 23.0 Å². The summed E-state index contributed by atoms with van der Waals surface area (Å²) < 4.78 is 1.96. The fourth-order valence-electron chi connectivity index (χ4n) is 1.73. The summed E-state index contributed by atoms with van der Waals surface area (Å²) in [7, 11) is 1.95. The van der Waals surface area contributed by atoms with Crippen LogP contribution in [0.5, 0.6) is 0 Å². The van der Waals surface area contributed by atoms with Gasteiger partial charge >= 0.3 is 0 Å². The van der Waals surface area contributed by atoms with Gasteiger partial charge in [0.15, 0.2) is 5.16 Å². The molecule has 0 bridgehead atoms. The van der Waals surface area contributed by atoms with Crippen LogP contribution in [0.15, 0.2) is 28.3 Å². The number of aromatic nitrogens is 3. The molecule has 0 fully saturated rings. The van der Waals surface area contributed by atoms with Gasteiger partial charge < -0.3 is 10.3 Å². The van der Waals surface area contributed by atoms with Gasteiger partial charge in [-0.25, -0.2) is 0 Å². The third-order valence-electron chi connectivity index (χ3n) is 2.86. The van der Waals surface area contributed by atoms with Crippen molar-refractivity contribution in [3.05, 3.63) is 34.6 Å². The van der Waals surface area contributed by atoms with Crippen LogP contribution >= 0.6 is 23.4 Å². The lowest BCUT2D eigenvalue weighted by molar-refractivity contribution is 0.728. The number of aryl methyl sites for hydroxylation is 1. The van der Waals surface area contributed by atoms with E-state index < -0.39 is 0 Å². The highest BCUT2D eigenvalue weighted by atomic mass is 35.5. The summed E-state index contributed by atoms with van der Waals surface area (Å²) in [6.45, 7) is 3.90. The molecule has 19 heavy (non-hydrogen) atoms. The van der Waals surface area contributed by atoms with Crippen molar-refractivity contribution < 1.29 is 0 Å². The quantitative estimate of drug-likeness (QED) is 0.942. The van der Waals surface area contributed by atoms with Crippen molar-refractivity contribution in [2.24, 2.45) is 12.8 Å². The highest BCUT2D eigenvalue weighted by molar-refractivity contribution is 7.99. The van der Waals surface area contributed by atoms with Crippen LogP contribution < -0.4 is 5.73 Å². The molecule has 0 radical (unpaired) electrons. The van der Waals surface area contributed by atoms with Gasteiger partial charge in [-0.15, -0.1) is 10.2 Å². The second kappa shape index (κ2) is 5.94. The Morgan fingerprint density at radius 1 is 1.42 bits per heavy atom. The number of rotatable bonds is 4.